The molecule has 0 fully saturated rings. The lowest BCUT2D eigenvalue weighted by Crippen LogP contribution is -2.13. The Bertz CT molecular complexity index is 820. The zero-order valence-corrected chi connectivity index (χ0v) is 11.9. The molecular weight excluding hydrogens is 310 g/mol. The summed E-state index contributed by atoms with van der Waals surface area (Å²) in [6, 6.07) is 11.1. The van der Waals surface area contributed by atoms with E-state index in [-0.39, 0.29) is 11.4 Å². The van der Waals surface area contributed by atoms with Gasteiger partial charge in [0, 0.05) is 5.56 Å². The normalized spacial score (nSPS) is 10.9. The Morgan fingerprint density at radius 3 is 2.86 bits per heavy atom. The van der Waals surface area contributed by atoms with Crippen LogP contribution in [0, 0.1) is 0 Å². The van der Waals surface area contributed by atoms with E-state index >= 15 is 0 Å². The molecule has 7 heteroatoms. The Balaban J connectivity index is 1.84. The smallest absolute Gasteiger partial charge is 0.387 e. The number of anilines is 1. The Morgan fingerprint density at radius 2 is 2.05 bits per heavy atom. The van der Waals surface area contributed by atoms with Crippen LogP contribution in [0.4, 0.5) is 14.5 Å². The molecule has 1 heterocycles. The number of alkyl halides is 2. The summed E-state index contributed by atoms with van der Waals surface area (Å²) >= 11 is 1.42. The Kier molecular flexibility index (Phi) is 3.97. The van der Waals surface area contributed by atoms with Gasteiger partial charge in [-0.3, -0.25) is 4.79 Å². The summed E-state index contributed by atoms with van der Waals surface area (Å²) < 4.78 is 30.0. The van der Waals surface area contributed by atoms with Gasteiger partial charge in [0.2, 0.25) is 0 Å². The number of aromatic nitrogens is 1. The monoisotopic (exact) mass is 320 g/mol. The van der Waals surface area contributed by atoms with Gasteiger partial charge in [-0.25, -0.2) is 4.98 Å². The minimum Gasteiger partial charge on any atom is -0.433 e. The summed E-state index contributed by atoms with van der Waals surface area (Å²) in [4.78, 5) is 16.4. The van der Waals surface area contributed by atoms with Crippen molar-refractivity contribution < 1.29 is 18.3 Å². The molecule has 22 heavy (non-hydrogen) atoms. The number of benzene rings is 2. The fourth-order valence-corrected chi connectivity index (χ4v) is 2.68. The third kappa shape index (κ3) is 3.04. The molecule has 0 saturated carbocycles. The van der Waals surface area contributed by atoms with E-state index in [1.807, 2.05) is 0 Å². The Morgan fingerprint density at radius 1 is 1.23 bits per heavy atom. The van der Waals surface area contributed by atoms with E-state index in [1.165, 1.54) is 23.5 Å². The molecule has 0 aliphatic rings. The topological polar surface area (TPSA) is 51.2 Å². The molecule has 1 N–H and O–H groups in total. The van der Waals surface area contributed by atoms with E-state index in [9.17, 15) is 13.6 Å². The molecule has 0 aliphatic carbocycles. The van der Waals surface area contributed by atoms with Gasteiger partial charge in [-0.15, -0.1) is 11.3 Å². The molecule has 3 aromatic rings. The maximum Gasteiger partial charge on any atom is 0.387 e. The van der Waals surface area contributed by atoms with Gasteiger partial charge in [0.05, 0.1) is 21.4 Å². The van der Waals surface area contributed by atoms with Crippen LogP contribution in [0.25, 0.3) is 10.2 Å². The number of carbonyl (C=O) groups is 1. The molecule has 1 amide bonds. The van der Waals surface area contributed by atoms with Crippen molar-refractivity contribution in [3.8, 4) is 5.75 Å². The summed E-state index contributed by atoms with van der Waals surface area (Å²) in [6.07, 6.45) is 0. The van der Waals surface area contributed by atoms with Gasteiger partial charge in [0.1, 0.15) is 5.75 Å². The van der Waals surface area contributed by atoms with Crippen LogP contribution in [-0.4, -0.2) is 17.5 Å². The van der Waals surface area contributed by atoms with Crippen molar-refractivity contribution in [2.45, 2.75) is 6.61 Å². The SMILES string of the molecule is O=C(Nc1ccccc1OC(F)F)c1ccc2ncsc2c1. The molecule has 0 aliphatic heterocycles. The van der Waals surface area contributed by atoms with Gasteiger partial charge in [0.15, 0.2) is 0 Å². The predicted octanol–water partition coefficient (Wildman–Crippen LogP) is 4.15. The first-order valence-corrected chi connectivity index (χ1v) is 7.20. The first-order valence-electron chi connectivity index (χ1n) is 6.32. The van der Waals surface area contributed by atoms with Crippen LogP contribution in [0.2, 0.25) is 0 Å². The minimum atomic E-state index is -2.95. The number of carbonyl (C=O) groups excluding carboxylic acids is 1. The molecule has 0 spiro atoms. The number of nitrogens with one attached hydrogen (secondary N) is 1. The number of nitrogens with zero attached hydrogens (tertiary/aromatic N) is 1. The highest BCUT2D eigenvalue weighted by Gasteiger charge is 2.13. The standard InChI is InChI=1S/C15H10F2N2O2S/c16-15(17)21-12-4-2-1-3-10(12)19-14(20)9-5-6-11-13(7-9)22-8-18-11/h1-8,15H,(H,19,20). The highest BCUT2D eigenvalue weighted by atomic mass is 32.1. The lowest BCUT2D eigenvalue weighted by molar-refractivity contribution is -0.0493. The molecule has 2 aromatic carbocycles. The van der Waals surface area contributed by atoms with E-state index in [1.54, 1.807) is 35.8 Å². The molecule has 1 aromatic heterocycles. The summed E-state index contributed by atoms with van der Waals surface area (Å²) in [7, 11) is 0. The van der Waals surface area contributed by atoms with Crippen LogP contribution in [0.15, 0.2) is 48.0 Å². The van der Waals surface area contributed by atoms with Crippen molar-refractivity contribution in [3.63, 3.8) is 0 Å². The van der Waals surface area contributed by atoms with E-state index in [4.69, 9.17) is 0 Å². The predicted molar refractivity (Wildman–Crippen MR) is 80.6 cm³/mol. The third-order valence-electron chi connectivity index (χ3n) is 2.94. The van der Waals surface area contributed by atoms with Gasteiger partial charge < -0.3 is 10.1 Å². The van der Waals surface area contributed by atoms with Crippen molar-refractivity contribution in [1.29, 1.82) is 0 Å². The number of hydrogen-bond donors (Lipinski definition) is 1. The third-order valence-corrected chi connectivity index (χ3v) is 3.74. The second-order valence-corrected chi connectivity index (χ2v) is 5.25. The molecule has 3 rings (SSSR count). The van der Waals surface area contributed by atoms with Gasteiger partial charge in [-0.2, -0.15) is 8.78 Å². The number of halogens is 2. The van der Waals surface area contributed by atoms with Crippen LogP contribution in [0.1, 0.15) is 10.4 Å². The number of rotatable bonds is 4. The van der Waals surface area contributed by atoms with Gasteiger partial charge in [-0.1, -0.05) is 12.1 Å². The Hall–Kier alpha value is -2.54. The van der Waals surface area contributed by atoms with E-state index in [2.05, 4.69) is 15.0 Å². The van der Waals surface area contributed by atoms with Crippen molar-refractivity contribution in [2.75, 3.05) is 5.32 Å². The summed E-state index contributed by atoms with van der Waals surface area (Å²) in [6.45, 7) is -2.95. The molecule has 0 saturated heterocycles. The first kappa shape index (κ1) is 14.4. The number of hydrogen-bond acceptors (Lipinski definition) is 4. The second kappa shape index (κ2) is 6.07. The number of amides is 1. The lowest BCUT2D eigenvalue weighted by atomic mass is 10.2. The Labute approximate surface area is 128 Å². The quantitative estimate of drug-likeness (QED) is 0.785. The molecule has 112 valence electrons. The van der Waals surface area contributed by atoms with Crippen molar-refractivity contribution in [2.24, 2.45) is 0 Å². The fraction of sp³-hybridized carbons (Fsp3) is 0.0667. The molecular formula is C15H10F2N2O2S. The van der Waals surface area contributed by atoms with Gasteiger partial charge in [-0.05, 0) is 30.3 Å². The lowest BCUT2D eigenvalue weighted by Gasteiger charge is -2.11. The second-order valence-electron chi connectivity index (χ2n) is 4.36. The van der Waals surface area contributed by atoms with E-state index < -0.39 is 12.5 Å². The number of thiazole rings is 1. The van der Waals surface area contributed by atoms with Crippen molar-refractivity contribution in [3.05, 3.63) is 53.5 Å². The van der Waals surface area contributed by atoms with Crippen LogP contribution >= 0.6 is 11.3 Å². The van der Waals surface area contributed by atoms with E-state index in [0.717, 1.165) is 10.2 Å². The molecule has 0 radical (unpaired) electrons. The highest BCUT2D eigenvalue weighted by Crippen LogP contribution is 2.26. The summed E-state index contributed by atoms with van der Waals surface area (Å²) in [5.74, 6) is -0.481. The van der Waals surface area contributed by atoms with Gasteiger partial charge in [0.25, 0.3) is 5.91 Å². The van der Waals surface area contributed by atoms with Gasteiger partial charge >= 0.3 is 6.61 Å². The summed E-state index contributed by atoms with van der Waals surface area (Å²) in [5.41, 5.74) is 3.11. The first-order chi connectivity index (χ1) is 10.6. The van der Waals surface area contributed by atoms with Crippen molar-refractivity contribution in [1.82, 2.24) is 4.98 Å². The molecule has 0 atom stereocenters. The maximum absolute atomic E-state index is 12.4. The zero-order valence-electron chi connectivity index (χ0n) is 11.1. The van der Waals surface area contributed by atoms with Crippen LogP contribution in [-0.2, 0) is 0 Å². The van der Waals surface area contributed by atoms with E-state index in [0.29, 0.717) is 5.56 Å². The zero-order chi connectivity index (χ0) is 15.5. The fourth-order valence-electron chi connectivity index (χ4n) is 1.96. The number of ether oxygens (including phenoxy) is 1. The highest BCUT2D eigenvalue weighted by molar-refractivity contribution is 7.16. The molecule has 0 unspecified atom stereocenters. The number of para-hydroxylation sites is 2. The van der Waals surface area contributed by atoms with Crippen LogP contribution < -0.4 is 10.1 Å². The average Bonchev–Trinajstić information content (AvgIpc) is 2.96. The largest absolute Gasteiger partial charge is 0.433 e. The molecule has 4 nitrogen and oxygen atoms in total. The van der Waals surface area contributed by atoms with Crippen LogP contribution in [0.3, 0.4) is 0 Å². The minimum absolute atomic E-state index is 0.0790. The van der Waals surface area contributed by atoms with Crippen LogP contribution in [0.5, 0.6) is 5.75 Å². The van der Waals surface area contributed by atoms with Crippen molar-refractivity contribution >= 4 is 33.1 Å². The summed E-state index contributed by atoms with van der Waals surface area (Å²) in [5, 5.41) is 2.58. The number of fused-ring (bicyclic) bond motifs is 1. The average molecular weight is 320 g/mol. The molecule has 0 bridgehead atoms. The maximum atomic E-state index is 12.4.